The highest BCUT2D eigenvalue weighted by molar-refractivity contribution is 6.29. The van der Waals surface area contributed by atoms with E-state index in [1.165, 1.54) is 0 Å². The van der Waals surface area contributed by atoms with Crippen molar-refractivity contribution < 1.29 is 0 Å². The van der Waals surface area contributed by atoms with Gasteiger partial charge in [-0.05, 0) is 25.5 Å². The molecule has 1 unspecified atom stereocenters. The molecule has 70 valence electrons. The molecule has 0 saturated carbocycles. The number of hydrogen-bond acceptors (Lipinski definition) is 2. The van der Waals surface area contributed by atoms with Gasteiger partial charge in [-0.3, -0.25) is 0 Å². The first kappa shape index (κ1) is 10.1. The quantitative estimate of drug-likeness (QED) is 0.591. The zero-order valence-corrected chi connectivity index (χ0v) is 8.38. The smallest absolute Gasteiger partial charge is 0.131 e. The van der Waals surface area contributed by atoms with Crippen molar-refractivity contribution in [3.8, 4) is 0 Å². The van der Waals surface area contributed by atoms with Gasteiger partial charge in [0.2, 0.25) is 0 Å². The van der Waals surface area contributed by atoms with Crippen LogP contribution in [0.1, 0.15) is 13.3 Å². The summed E-state index contributed by atoms with van der Waals surface area (Å²) in [6.45, 7) is 5.75. The lowest BCUT2D eigenvalue weighted by molar-refractivity contribution is 0.807. The van der Waals surface area contributed by atoms with E-state index in [-0.39, 0.29) is 0 Å². The van der Waals surface area contributed by atoms with Crippen LogP contribution < -0.4 is 5.32 Å². The van der Waals surface area contributed by atoms with Gasteiger partial charge in [0.15, 0.2) is 0 Å². The fourth-order valence-corrected chi connectivity index (χ4v) is 1.21. The van der Waals surface area contributed by atoms with Crippen molar-refractivity contribution in [1.82, 2.24) is 4.98 Å². The normalized spacial score (nSPS) is 12.2. The van der Waals surface area contributed by atoms with E-state index in [1.807, 2.05) is 18.2 Å². The number of anilines is 1. The van der Waals surface area contributed by atoms with Crippen LogP contribution in [0.3, 0.4) is 0 Å². The molecule has 0 aromatic carbocycles. The summed E-state index contributed by atoms with van der Waals surface area (Å²) in [5.41, 5.74) is 0. The van der Waals surface area contributed by atoms with Crippen LogP contribution in [0.2, 0.25) is 5.15 Å². The van der Waals surface area contributed by atoms with Crippen LogP contribution in [0.25, 0.3) is 0 Å². The Morgan fingerprint density at radius 2 is 2.46 bits per heavy atom. The van der Waals surface area contributed by atoms with Crippen molar-refractivity contribution in [2.45, 2.75) is 19.4 Å². The zero-order valence-electron chi connectivity index (χ0n) is 7.63. The van der Waals surface area contributed by atoms with Crippen LogP contribution in [-0.2, 0) is 0 Å². The van der Waals surface area contributed by atoms with Gasteiger partial charge in [-0.1, -0.05) is 23.7 Å². The Hall–Kier alpha value is -1.02. The maximum Gasteiger partial charge on any atom is 0.131 e. The second-order valence-electron chi connectivity index (χ2n) is 2.92. The van der Waals surface area contributed by atoms with E-state index >= 15 is 0 Å². The van der Waals surface area contributed by atoms with Crippen LogP contribution in [0.4, 0.5) is 5.82 Å². The molecule has 3 heteroatoms. The van der Waals surface area contributed by atoms with Gasteiger partial charge in [-0.15, -0.1) is 6.58 Å². The molecule has 1 atom stereocenters. The number of rotatable bonds is 4. The van der Waals surface area contributed by atoms with Gasteiger partial charge in [0.05, 0.1) is 0 Å². The summed E-state index contributed by atoms with van der Waals surface area (Å²) in [6, 6.07) is 5.86. The number of halogens is 1. The molecule has 1 aromatic heterocycles. The minimum atomic E-state index is 0.337. The molecule has 13 heavy (non-hydrogen) atoms. The molecule has 0 aliphatic carbocycles. The predicted octanol–water partition coefficient (Wildman–Crippen LogP) is 3.11. The largest absolute Gasteiger partial charge is 0.367 e. The number of nitrogens with zero attached hydrogens (tertiary/aromatic N) is 1. The lowest BCUT2D eigenvalue weighted by Crippen LogP contribution is -2.14. The third-order valence-corrected chi connectivity index (χ3v) is 1.84. The lowest BCUT2D eigenvalue weighted by atomic mass is 10.2. The maximum absolute atomic E-state index is 5.73. The molecule has 0 saturated heterocycles. The minimum absolute atomic E-state index is 0.337. The highest BCUT2D eigenvalue weighted by atomic mass is 35.5. The molecule has 1 aromatic rings. The number of nitrogens with one attached hydrogen (secondary N) is 1. The van der Waals surface area contributed by atoms with E-state index in [1.54, 1.807) is 6.07 Å². The van der Waals surface area contributed by atoms with E-state index in [9.17, 15) is 0 Å². The first-order valence-electron chi connectivity index (χ1n) is 4.22. The van der Waals surface area contributed by atoms with Crippen LogP contribution in [-0.4, -0.2) is 11.0 Å². The summed E-state index contributed by atoms with van der Waals surface area (Å²) in [6.07, 6.45) is 2.79. The Kier molecular flexibility index (Phi) is 3.77. The third kappa shape index (κ3) is 3.47. The van der Waals surface area contributed by atoms with Crippen molar-refractivity contribution in [2.75, 3.05) is 5.32 Å². The second kappa shape index (κ2) is 4.87. The van der Waals surface area contributed by atoms with E-state index in [0.717, 1.165) is 12.2 Å². The molecule has 2 nitrogen and oxygen atoms in total. The predicted molar refractivity (Wildman–Crippen MR) is 57.1 cm³/mol. The van der Waals surface area contributed by atoms with Gasteiger partial charge >= 0.3 is 0 Å². The Morgan fingerprint density at radius 1 is 1.69 bits per heavy atom. The Morgan fingerprint density at radius 3 is 3.08 bits per heavy atom. The van der Waals surface area contributed by atoms with Crippen molar-refractivity contribution in [3.05, 3.63) is 36.0 Å². The maximum atomic E-state index is 5.73. The van der Waals surface area contributed by atoms with E-state index in [2.05, 4.69) is 23.8 Å². The van der Waals surface area contributed by atoms with Crippen molar-refractivity contribution in [3.63, 3.8) is 0 Å². The minimum Gasteiger partial charge on any atom is -0.367 e. The molecule has 1 heterocycles. The van der Waals surface area contributed by atoms with Crippen molar-refractivity contribution >= 4 is 17.4 Å². The van der Waals surface area contributed by atoms with Crippen LogP contribution >= 0.6 is 11.6 Å². The van der Waals surface area contributed by atoms with Gasteiger partial charge in [-0.2, -0.15) is 0 Å². The molecule has 0 aliphatic heterocycles. The molecule has 0 aliphatic rings. The Bertz CT molecular complexity index is 286. The first-order chi connectivity index (χ1) is 6.22. The Labute approximate surface area is 83.6 Å². The number of hydrogen-bond donors (Lipinski definition) is 1. The summed E-state index contributed by atoms with van der Waals surface area (Å²) in [5.74, 6) is 0.807. The zero-order chi connectivity index (χ0) is 9.68. The van der Waals surface area contributed by atoms with Gasteiger partial charge in [0.25, 0.3) is 0 Å². The average Bonchev–Trinajstić information content (AvgIpc) is 2.04. The fourth-order valence-electron chi connectivity index (χ4n) is 1.05. The molecule has 1 rings (SSSR count). The number of aromatic nitrogens is 1. The van der Waals surface area contributed by atoms with Crippen LogP contribution in [0.15, 0.2) is 30.9 Å². The van der Waals surface area contributed by atoms with Crippen molar-refractivity contribution in [2.24, 2.45) is 0 Å². The molecule has 0 fully saturated rings. The van der Waals surface area contributed by atoms with Gasteiger partial charge in [0.1, 0.15) is 11.0 Å². The van der Waals surface area contributed by atoms with Gasteiger partial charge < -0.3 is 5.32 Å². The fraction of sp³-hybridized carbons (Fsp3) is 0.300. The van der Waals surface area contributed by atoms with Crippen molar-refractivity contribution in [1.29, 1.82) is 0 Å². The monoisotopic (exact) mass is 196 g/mol. The topological polar surface area (TPSA) is 24.9 Å². The molecule has 1 N–H and O–H groups in total. The molecule has 0 amide bonds. The first-order valence-corrected chi connectivity index (χ1v) is 4.60. The molecular weight excluding hydrogens is 184 g/mol. The van der Waals surface area contributed by atoms with E-state index < -0.39 is 0 Å². The summed E-state index contributed by atoms with van der Waals surface area (Å²) in [7, 11) is 0. The highest BCUT2D eigenvalue weighted by Crippen LogP contribution is 2.10. The lowest BCUT2D eigenvalue weighted by Gasteiger charge is -2.11. The van der Waals surface area contributed by atoms with Gasteiger partial charge in [-0.25, -0.2) is 4.98 Å². The second-order valence-corrected chi connectivity index (χ2v) is 3.30. The van der Waals surface area contributed by atoms with E-state index in [0.29, 0.717) is 11.2 Å². The SMILES string of the molecule is C=CCC(C)Nc1cccc(Cl)n1. The van der Waals surface area contributed by atoms with Crippen LogP contribution in [0.5, 0.6) is 0 Å². The average molecular weight is 197 g/mol. The summed E-state index contributed by atoms with van der Waals surface area (Å²) < 4.78 is 0. The standard InChI is InChI=1S/C10H13ClN2/c1-3-5-8(2)12-10-7-4-6-9(11)13-10/h3-4,6-8H,1,5H2,2H3,(H,12,13). The van der Waals surface area contributed by atoms with Gasteiger partial charge in [0, 0.05) is 6.04 Å². The summed E-state index contributed by atoms with van der Waals surface area (Å²) in [4.78, 5) is 4.12. The number of pyridine rings is 1. The molecular formula is C10H13ClN2. The summed E-state index contributed by atoms with van der Waals surface area (Å²) in [5, 5.41) is 3.73. The summed E-state index contributed by atoms with van der Waals surface area (Å²) >= 11 is 5.73. The highest BCUT2D eigenvalue weighted by Gasteiger charge is 2.00. The van der Waals surface area contributed by atoms with Crippen LogP contribution in [0, 0.1) is 0 Å². The van der Waals surface area contributed by atoms with E-state index in [4.69, 9.17) is 11.6 Å². The Balaban J connectivity index is 2.58. The molecule has 0 bridgehead atoms. The third-order valence-electron chi connectivity index (χ3n) is 1.63. The molecule has 0 radical (unpaired) electrons. The molecule has 0 spiro atoms.